The lowest BCUT2D eigenvalue weighted by Crippen LogP contribution is -2.22. The Balaban J connectivity index is 2.82. The third-order valence-corrected chi connectivity index (χ3v) is 5.19. The molecule has 0 spiro atoms. The molecule has 19 heavy (non-hydrogen) atoms. The predicted molar refractivity (Wildman–Crippen MR) is 78.4 cm³/mol. The lowest BCUT2D eigenvalue weighted by Gasteiger charge is -2.09. The van der Waals surface area contributed by atoms with Gasteiger partial charge in [-0.05, 0) is 37.0 Å². The summed E-state index contributed by atoms with van der Waals surface area (Å²) in [7, 11) is -3.31. The molecular formula is C15H22O3S. The third-order valence-electron chi connectivity index (χ3n) is 3.42. The predicted octanol–water partition coefficient (Wildman–Crippen LogP) is 2.95. The zero-order chi connectivity index (χ0) is 14.6. The van der Waals surface area contributed by atoms with E-state index >= 15 is 0 Å². The second-order valence-corrected chi connectivity index (χ2v) is 7.40. The molecule has 0 aliphatic carbocycles. The Bertz CT molecular complexity index is 559. The van der Waals surface area contributed by atoms with Crippen LogP contribution in [-0.2, 0) is 9.84 Å². The topological polar surface area (TPSA) is 51.2 Å². The van der Waals surface area contributed by atoms with Crippen molar-refractivity contribution in [2.45, 2.75) is 34.1 Å². The summed E-state index contributed by atoms with van der Waals surface area (Å²) < 4.78 is 23.8. The average Bonchev–Trinajstić information content (AvgIpc) is 2.31. The minimum atomic E-state index is -3.31. The van der Waals surface area contributed by atoms with Crippen LogP contribution < -0.4 is 0 Å². The second-order valence-electron chi connectivity index (χ2n) is 5.29. The molecule has 0 saturated heterocycles. The van der Waals surface area contributed by atoms with Crippen molar-refractivity contribution in [2.24, 2.45) is 5.92 Å². The van der Waals surface area contributed by atoms with Crippen LogP contribution in [0.15, 0.2) is 18.2 Å². The van der Waals surface area contributed by atoms with E-state index in [0.29, 0.717) is 5.56 Å². The SMILES string of the molecule is CCC(C)CS(=O)(=O)CC(=O)c1ccc(C)c(C)c1. The number of hydrogen-bond acceptors (Lipinski definition) is 3. The van der Waals surface area contributed by atoms with E-state index in [0.717, 1.165) is 17.5 Å². The first kappa shape index (κ1) is 15.9. The summed E-state index contributed by atoms with van der Waals surface area (Å²) in [4.78, 5) is 12.0. The molecule has 3 nitrogen and oxygen atoms in total. The van der Waals surface area contributed by atoms with Gasteiger partial charge in [-0.15, -0.1) is 0 Å². The molecule has 0 amide bonds. The molecule has 0 fully saturated rings. The van der Waals surface area contributed by atoms with Crippen molar-refractivity contribution in [1.82, 2.24) is 0 Å². The van der Waals surface area contributed by atoms with Crippen molar-refractivity contribution in [3.8, 4) is 0 Å². The van der Waals surface area contributed by atoms with Crippen LogP contribution in [0.1, 0.15) is 41.8 Å². The molecule has 0 N–H and O–H groups in total. The van der Waals surface area contributed by atoms with Gasteiger partial charge in [-0.3, -0.25) is 4.79 Å². The monoisotopic (exact) mass is 282 g/mol. The molecule has 1 rings (SSSR count). The lowest BCUT2D eigenvalue weighted by molar-refractivity contribution is 0.102. The van der Waals surface area contributed by atoms with Gasteiger partial charge in [0.2, 0.25) is 0 Å². The Kier molecular flexibility index (Phi) is 5.29. The Morgan fingerprint density at radius 2 is 1.84 bits per heavy atom. The highest BCUT2D eigenvalue weighted by Crippen LogP contribution is 2.13. The van der Waals surface area contributed by atoms with E-state index in [-0.39, 0.29) is 23.2 Å². The fourth-order valence-corrected chi connectivity index (χ4v) is 3.59. The number of rotatable bonds is 6. The molecule has 0 radical (unpaired) electrons. The Morgan fingerprint density at radius 3 is 2.37 bits per heavy atom. The maximum atomic E-state index is 12.0. The minimum absolute atomic E-state index is 0.0834. The summed E-state index contributed by atoms with van der Waals surface area (Å²) >= 11 is 0. The quantitative estimate of drug-likeness (QED) is 0.754. The highest BCUT2D eigenvalue weighted by atomic mass is 32.2. The zero-order valence-electron chi connectivity index (χ0n) is 12.1. The van der Waals surface area contributed by atoms with Crippen molar-refractivity contribution >= 4 is 15.6 Å². The summed E-state index contributed by atoms with van der Waals surface area (Å²) in [5, 5.41) is 0. The van der Waals surface area contributed by atoms with Crippen LogP contribution >= 0.6 is 0 Å². The molecule has 0 heterocycles. The highest BCUT2D eigenvalue weighted by molar-refractivity contribution is 7.92. The summed E-state index contributed by atoms with van der Waals surface area (Å²) in [5.74, 6) is -0.524. The van der Waals surface area contributed by atoms with Crippen LogP contribution in [0.2, 0.25) is 0 Å². The lowest BCUT2D eigenvalue weighted by atomic mass is 10.0. The standard InChI is InChI=1S/C15H22O3S/c1-5-11(2)9-19(17,18)10-15(16)14-7-6-12(3)13(4)8-14/h6-8,11H,5,9-10H2,1-4H3. The van der Waals surface area contributed by atoms with Crippen molar-refractivity contribution in [1.29, 1.82) is 0 Å². The summed E-state index contributed by atoms with van der Waals surface area (Å²) in [6.45, 7) is 7.71. The van der Waals surface area contributed by atoms with Gasteiger partial charge in [0.15, 0.2) is 15.6 Å². The van der Waals surface area contributed by atoms with Gasteiger partial charge < -0.3 is 0 Å². The van der Waals surface area contributed by atoms with E-state index < -0.39 is 9.84 Å². The number of aryl methyl sites for hydroxylation is 2. The van der Waals surface area contributed by atoms with Crippen LogP contribution in [0.4, 0.5) is 0 Å². The van der Waals surface area contributed by atoms with Crippen molar-refractivity contribution in [3.05, 3.63) is 34.9 Å². The van der Waals surface area contributed by atoms with Crippen molar-refractivity contribution in [2.75, 3.05) is 11.5 Å². The first-order chi connectivity index (χ1) is 8.75. The molecule has 0 saturated carbocycles. The number of carbonyl (C=O) groups excluding carboxylic acids is 1. The van der Waals surface area contributed by atoms with Crippen LogP contribution in [0.5, 0.6) is 0 Å². The number of ketones is 1. The van der Waals surface area contributed by atoms with Crippen molar-refractivity contribution < 1.29 is 13.2 Å². The maximum Gasteiger partial charge on any atom is 0.177 e. The maximum absolute atomic E-state index is 12.0. The van der Waals surface area contributed by atoms with Crippen LogP contribution in [0.3, 0.4) is 0 Å². The zero-order valence-corrected chi connectivity index (χ0v) is 12.9. The van der Waals surface area contributed by atoms with E-state index in [1.807, 2.05) is 33.8 Å². The molecule has 1 aromatic carbocycles. The summed E-state index contributed by atoms with van der Waals surface area (Å²) in [6.07, 6.45) is 0.803. The Hall–Kier alpha value is -1.16. The molecule has 0 aromatic heterocycles. The number of Topliss-reactive ketones (excluding diaryl/α,β-unsaturated/α-hetero) is 1. The average molecular weight is 282 g/mol. The summed E-state index contributed by atoms with van der Waals surface area (Å²) in [6, 6.07) is 5.31. The largest absolute Gasteiger partial charge is 0.293 e. The summed E-state index contributed by atoms with van der Waals surface area (Å²) in [5.41, 5.74) is 2.58. The number of hydrogen-bond donors (Lipinski definition) is 0. The van der Waals surface area contributed by atoms with Gasteiger partial charge in [-0.2, -0.15) is 0 Å². The minimum Gasteiger partial charge on any atom is -0.293 e. The third kappa shape index (κ3) is 4.78. The van der Waals surface area contributed by atoms with Gasteiger partial charge in [-0.1, -0.05) is 32.4 Å². The molecule has 4 heteroatoms. The van der Waals surface area contributed by atoms with Gasteiger partial charge in [0.25, 0.3) is 0 Å². The molecule has 1 atom stereocenters. The highest BCUT2D eigenvalue weighted by Gasteiger charge is 2.20. The van der Waals surface area contributed by atoms with Gasteiger partial charge in [0.1, 0.15) is 5.75 Å². The Labute approximate surface area is 116 Å². The first-order valence-corrected chi connectivity index (χ1v) is 8.38. The molecule has 0 bridgehead atoms. The van der Waals surface area contributed by atoms with Crippen LogP contribution in [0, 0.1) is 19.8 Å². The molecular weight excluding hydrogens is 260 g/mol. The molecule has 1 aromatic rings. The van der Waals surface area contributed by atoms with Crippen LogP contribution in [0.25, 0.3) is 0 Å². The molecule has 1 unspecified atom stereocenters. The van der Waals surface area contributed by atoms with Crippen molar-refractivity contribution in [3.63, 3.8) is 0 Å². The fourth-order valence-electron chi connectivity index (χ4n) is 1.81. The fraction of sp³-hybridized carbons (Fsp3) is 0.533. The Morgan fingerprint density at radius 1 is 1.21 bits per heavy atom. The van der Waals surface area contributed by atoms with Gasteiger partial charge >= 0.3 is 0 Å². The number of carbonyl (C=O) groups is 1. The molecule has 0 aliphatic rings. The van der Waals surface area contributed by atoms with E-state index in [1.54, 1.807) is 12.1 Å². The molecule has 0 aliphatic heterocycles. The van der Waals surface area contributed by atoms with Gasteiger partial charge in [-0.25, -0.2) is 8.42 Å². The number of benzene rings is 1. The van der Waals surface area contributed by atoms with Crippen LogP contribution in [-0.4, -0.2) is 25.7 Å². The van der Waals surface area contributed by atoms with E-state index in [2.05, 4.69) is 0 Å². The van der Waals surface area contributed by atoms with E-state index in [4.69, 9.17) is 0 Å². The van der Waals surface area contributed by atoms with E-state index in [9.17, 15) is 13.2 Å². The normalized spacial score (nSPS) is 13.3. The van der Waals surface area contributed by atoms with Gasteiger partial charge in [0.05, 0.1) is 5.75 Å². The second kappa shape index (κ2) is 6.33. The first-order valence-electron chi connectivity index (χ1n) is 6.56. The van der Waals surface area contributed by atoms with Gasteiger partial charge in [0, 0.05) is 5.56 Å². The molecule has 106 valence electrons. The smallest absolute Gasteiger partial charge is 0.177 e. The van der Waals surface area contributed by atoms with E-state index in [1.165, 1.54) is 0 Å². The number of sulfone groups is 1.